The van der Waals surface area contributed by atoms with Crippen LogP contribution in [0.15, 0.2) is 24.3 Å². The van der Waals surface area contributed by atoms with Gasteiger partial charge < -0.3 is 25.4 Å². The van der Waals surface area contributed by atoms with Crippen LogP contribution in [0.2, 0.25) is 0 Å². The maximum absolute atomic E-state index is 12.3. The first kappa shape index (κ1) is 23.9. The van der Waals surface area contributed by atoms with Crippen LogP contribution in [0.1, 0.15) is 24.4 Å². The topological polar surface area (TPSA) is 76.8 Å². The van der Waals surface area contributed by atoms with Crippen LogP contribution < -0.4 is 15.8 Å². The molecule has 1 aromatic rings. The number of benzene rings is 1. The van der Waals surface area contributed by atoms with E-state index in [0.29, 0.717) is 13.1 Å². The highest BCUT2D eigenvalue weighted by Crippen LogP contribution is 2.23. The van der Waals surface area contributed by atoms with E-state index in [1.165, 1.54) is 0 Å². The second kappa shape index (κ2) is 11.5. The van der Waals surface area contributed by atoms with Gasteiger partial charge in [-0.15, -0.1) is 24.8 Å². The highest BCUT2D eigenvalue weighted by molar-refractivity contribution is 5.85. The third-order valence-electron chi connectivity index (χ3n) is 4.23. The molecule has 6 nitrogen and oxygen atoms in total. The van der Waals surface area contributed by atoms with Crippen molar-refractivity contribution in [2.45, 2.75) is 31.1 Å². The lowest BCUT2D eigenvalue weighted by Gasteiger charge is -2.26. The van der Waals surface area contributed by atoms with Crippen molar-refractivity contribution in [1.82, 2.24) is 10.2 Å². The largest absolute Gasteiger partial charge is 0.497 e. The quantitative estimate of drug-likeness (QED) is 0.737. The Labute approximate surface area is 162 Å². The van der Waals surface area contributed by atoms with E-state index in [1.54, 1.807) is 7.11 Å². The van der Waals surface area contributed by atoms with Crippen molar-refractivity contribution >= 4 is 30.7 Å². The highest BCUT2D eigenvalue weighted by Gasteiger charge is 2.30. The Hall–Kier alpha value is -1.05. The zero-order valence-electron chi connectivity index (χ0n) is 14.9. The summed E-state index contributed by atoms with van der Waals surface area (Å²) < 4.78 is 10.9. The lowest BCUT2D eigenvalue weighted by molar-refractivity contribution is -0.132. The van der Waals surface area contributed by atoms with E-state index < -0.39 is 0 Å². The molecule has 0 aliphatic carbocycles. The normalized spacial score (nSPS) is 20.4. The highest BCUT2D eigenvalue weighted by atomic mass is 35.5. The number of carbonyl (C=O) groups excluding carboxylic acids is 1. The molecular formula is C17H29Cl2N3O3. The predicted octanol–water partition coefficient (Wildman–Crippen LogP) is 1.76. The van der Waals surface area contributed by atoms with Crippen LogP contribution in [0.3, 0.4) is 0 Å². The number of hydrogen-bond acceptors (Lipinski definition) is 5. The van der Waals surface area contributed by atoms with Gasteiger partial charge >= 0.3 is 0 Å². The summed E-state index contributed by atoms with van der Waals surface area (Å²) >= 11 is 0. The summed E-state index contributed by atoms with van der Waals surface area (Å²) in [5, 5.41) is 3.00. The Morgan fingerprint density at radius 3 is 2.68 bits per heavy atom. The standard InChI is InChI=1S/C17H27N3O3.2ClH/c1-20(2)15(12-5-4-6-13(9-12)22-3)11-19-17(21)16-8-7-14(10-18)23-16;;/h4-6,9,14-16H,7-8,10-11,18H2,1-3H3,(H,19,21);2*1H/t14-,15?,16+;;/m1../s1. The number of hydrogen-bond donors (Lipinski definition) is 2. The van der Waals surface area contributed by atoms with E-state index in [0.717, 1.165) is 24.2 Å². The third kappa shape index (κ3) is 6.64. The van der Waals surface area contributed by atoms with Crippen LogP contribution in [0.4, 0.5) is 0 Å². The zero-order valence-corrected chi connectivity index (χ0v) is 16.6. The number of likely N-dealkylation sites (N-methyl/N-ethyl adjacent to an activating group) is 1. The maximum Gasteiger partial charge on any atom is 0.249 e. The fraction of sp³-hybridized carbons (Fsp3) is 0.588. The molecule has 3 atom stereocenters. The zero-order chi connectivity index (χ0) is 16.8. The van der Waals surface area contributed by atoms with Crippen LogP contribution in [0.5, 0.6) is 5.75 Å². The van der Waals surface area contributed by atoms with Crippen molar-refractivity contribution in [3.63, 3.8) is 0 Å². The molecule has 1 aliphatic rings. The van der Waals surface area contributed by atoms with E-state index in [1.807, 2.05) is 38.4 Å². The summed E-state index contributed by atoms with van der Waals surface area (Å²) in [6, 6.07) is 7.97. The average Bonchev–Trinajstić information content (AvgIpc) is 3.04. The van der Waals surface area contributed by atoms with Crippen molar-refractivity contribution in [2.24, 2.45) is 5.73 Å². The third-order valence-corrected chi connectivity index (χ3v) is 4.23. The number of carbonyl (C=O) groups is 1. The second-order valence-corrected chi connectivity index (χ2v) is 6.06. The number of ether oxygens (including phenoxy) is 2. The van der Waals surface area contributed by atoms with Crippen molar-refractivity contribution in [3.8, 4) is 5.75 Å². The molecule has 0 spiro atoms. The van der Waals surface area contributed by atoms with Gasteiger partial charge in [-0.3, -0.25) is 4.79 Å². The predicted molar refractivity (Wildman–Crippen MR) is 104 cm³/mol. The van der Waals surface area contributed by atoms with Gasteiger partial charge in [-0.25, -0.2) is 0 Å². The van der Waals surface area contributed by atoms with Gasteiger partial charge in [0.15, 0.2) is 0 Å². The Balaban J connectivity index is 0.00000288. The smallest absolute Gasteiger partial charge is 0.249 e. The van der Waals surface area contributed by atoms with E-state index in [-0.39, 0.29) is 49.0 Å². The second-order valence-electron chi connectivity index (χ2n) is 6.06. The van der Waals surface area contributed by atoms with Crippen LogP contribution in [-0.4, -0.2) is 57.3 Å². The summed E-state index contributed by atoms with van der Waals surface area (Å²) in [6.45, 7) is 0.986. The van der Waals surface area contributed by atoms with E-state index >= 15 is 0 Å². The number of nitrogens with one attached hydrogen (secondary N) is 1. The van der Waals surface area contributed by atoms with Crippen molar-refractivity contribution in [3.05, 3.63) is 29.8 Å². The van der Waals surface area contributed by atoms with Crippen molar-refractivity contribution in [2.75, 3.05) is 34.3 Å². The van der Waals surface area contributed by atoms with E-state index in [4.69, 9.17) is 15.2 Å². The molecule has 1 aromatic carbocycles. The summed E-state index contributed by atoms with van der Waals surface area (Å²) in [7, 11) is 5.64. The van der Waals surface area contributed by atoms with E-state index in [9.17, 15) is 4.79 Å². The number of amides is 1. The number of methoxy groups -OCH3 is 1. The van der Waals surface area contributed by atoms with Crippen LogP contribution in [0.25, 0.3) is 0 Å². The molecule has 0 saturated carbocycles. The minimum Gasteiger partial charge on any atom is -0.497 e. The molecule has 0 radical (unpaired) electrons. The lowest BCUT2D eigenvalue weighted by atomic mass is 10.1. The molecular weight excluding hydrogens is 365 g/mol. The molecule has 144 valence electrons. The van der Waals surface area contributed by atoms with Crippen molar-refractivity contribution in [1.29, 1.82) is 0 Å². The fourth-order valence-corrected chi connectivity index (χ4v) is 2.83. The molecule has 8 heteroatoms. The Kier molecular flexibility index (Phi) is 11.1. The molecule has 1 aliphatic heterocycles. The van der Waals surface area contributed by atoms with Crippen LogP contribution >= 0.6 is 24.8 Å². The minimum atomic E-state index is -0.378. The fourth-order valence-electron chi connectivity index (χ4n) is 2.83. The SMILES string of the molecule is COc1cccc(C(CNC(=O)[C@@H]2CC[C@H](CN)O2)N(C)C)c1.Cl.Cl. The molecule has 25 heavy (non-hydrogen) atoms. The first-order valence-electron chi connectivity index (χ1n) is 7.98. The minimum absolute atomic E-state index is 0. The molecule has 1 heterocycles. The van der Waals surface area contributed by atoms with Gasteiger partial charge in [0.05, 0.1) is 19.3 Å². The first-order valence-corrected chi connectivity index (χ1v) is 7.98. The monoisotopic (exact) mass is 393 g/mol. The summed E-state index contributed by atoms with van der Waals surface area (Å²) in [5.74, 6) is 0.751. The molecule has 1 fully saturated rings. The maximum atomic E-state index is 12.3. The van der Waals surface area contributed by atoms with Gasteiger partial charge in [-0.2, -0.15) is 0 Å². The van der Waals surface area contributed by atoms with Crippen LogP contribution in [-0.2, 0) is 9.53 Å². The van der Waals surface area contributed by atoms with Crippen molar-refractivity contribution < 1.29 is 14.3 Å². The molecule has 1 saturated heterocycles. The lowest BCUT2D eigenvalue weighted by Crippen LogP contribution is -2.40. The molecule has 1 unspecified atom stereocenters. The molecule has 1 amide bonds. The Morgan fingerprint density at radius 2 is 2.12 bits per heavy atom. The van der Waals surface area contributed by atoms with E-state index in [2.05, 4.69) is 10.2 Å². The number of rotatable bonds is 7. The van der Waals surface area contributed by atoms with Gasteiger partial charge in [0.25, 0.3) is 0 Å². The molecule has 0 bridgehead atoms. The summed E-state index contributed by atoms with van der Waals surface area (Å²) in [5.41, 5.74) is 6.69. The summed E-state index contributed by atoms with van der Waals surface area (Å²) in [6.07, 6.45) is 1.21. The molecule has 0 aromatic heterocycles. The number of nitrogens with two attached hydrogens (primary N) is 1. The Morgan fingerprint density at radius 1 is 1.40 bits per heavy atom. The van der Waals surface area contributed by atoms with Gasteiger partial charge in [0, 0.05) is 13.1 Å². The Bertz CT molecular complexity index is 532. The molecule has 3 N–H and O–H groups in total. The van der Waals surface area contributed by atoms with Gasteiger partial charge in [-0.1, -0.05) is 12.1 Å². The van der Waals surface area contributed by atoms with Crippen LogP contribution in [0, 0.1) is 0 Å². The first-order chi connectivity index (χ1) is 11.0. The van der Waals surface area contributed by atoms with Gasteiger partial charge in [-0.05, 0) is 44.6 Å². The summed E-state index contributed by atoms with van der Waals surface area (Å²) in [4.78, 5) is 14.3. The van der Waals surface area contributed by atoms with Gasteiger partial charge in [0.2, 0.25) is 5.91 Å². The van der Waals surface area contributed by atoms with Gasteiger partial charge in [0.1, 0.15) is 11.9 Å². The molecule has 2 rings (SSSR count). The number of nitrogens with zero attached hydrogens (tertiary/aromatic N) is 1. The number of halogens is 2. The average molecular weight is 394 g/mol.